The van der Waals surface area contributed by atoms with Gasteiger partial charge in [-0.2, -0.15) is 0 Å². The van der Waals surface area contributed by atoms with Gasteiger partial charge in [-0.3, -0.25) is 4.79 Å². The number of amides is 1. The van der Waals surface area contributed by atoms with E-state index in [0.29, 0.717) is 34.9 Å². The van der Waals surface area contributed by atoms with Gasteiger partial charge in [0.05, 0.1) is 7.11 Å². The van der Waals surface area contributed by atoms with Crippen molar-refractivity contribution in [3.63, 3.8) is 0 Å². The molecule has 32 heavy (non-hydrogen) atoms. The van der Waals surface area contributed by atoms with Gasteiger partial charge < -0.3 is 14.1 Å². The summed E-state index contributed by atoms with van der Waals surface area (Å²) in [6.07, 6.45) is 1.69. The number of benzene rings is 3. The van der Waals surface area contributed by atoms with Gasteiger partial charge in [0.2, 0.25) is 5.89 Å². The second-order valence-electron chi connectivity index (χ2n) is 8.09. The van der Waals surface area contributed by atoms with Gasteiger partial charge in [0, 0.05) is 12.1 Å². The normalized spacial score (nSPS) is 16.0. The Morgan fingerprint density at radius 1 is 1.12 bits per heavy atom. The van der Waals surface area contributed by atoms with Crippen LogP contribution in [0.3, 0.4) is 0 Å². The highest BCUT2D eigenvalue weighted by Gasteiger charge is 2.34. The van der Waals surface area contributed by atoms with Gasteiger partial charge in [0.1, 0.15) is 23.1 Å². The van der Waals surface area contributed by atoms with Gasteiger partial charge in [-0.25, -0.2) is 9.37 Å². The van der Waals surface area contributed by atoms with Crippen molar-refractivity contribution < 1.29 is 18.3 Å². The number of ether oxygens (including phenoxy) is 1. The molecular formula is C26H23FN2O3. The van der Waals surface area contributed by atoms with Crippen LogP contribution >= 0.6 is 0 Å². The summed E-state index contributed by atoms with van der Waals surface area (Å²) in [4.78, 5) is 19.7. The van der Waals surface area contributed by atoms with E-state index in [-0.39, 0.29) is 17.8 Å². The van der Waals surface area contributed by atoms with E-state index in [4.69, 9.17) is 14.1 Å². The summed E-state index contributed by atoms with van der Waals surface area (Å²) in [7, 11) is 1.59. The molecule has 0 saturated carbocycles. The monoisotopic (exact) mass is 430 g/mol. The van der Waals surface area contributed by atoms with E-state index < -0.39 is 0 Å². The number of aromatic nitrogens is 1. The molecular weight excluding hydrogens is 407 g/mol. The number of hydrogen-bond acceptors (Lipinski definition) is 4. The van der Waals surface area contributed by atoms with Crippen LogP contribution in [0.25, 0.3) is 22.2 Å². The summed E-state index contributed by atoms with van der Waals surface area (Å²) in [5.41, 5.74) is 4.44. The molecule has 3 aromatic carbocycles. The maximum absolute atomic E-state index is 13.6. The first-order valence-corrected chi connectivity index (χ1v) is 10.7. The minimum atomic E-state index is -0.222. The lowest BCUT2D eigenvalue weighted by molar-refractivity contribution is 0.0716. The number of likely N-dealkylation sites (tertiary alicyclic amines) is 1. The fourth-order valence-corrected chi connectivity index (χ4v) is 4.28. The molecule has 0 bridgehead atoms. The van der Waals surface area contributed by atoms with E-state index >= 15 is 0 Å². The quantitative estimate of drug-likeness (QED) is 0.403. The summed E-state index contributed by atoms with van der Waals surface area (Å²) in [5.74, 6) is 0.912. The van der Waals surface area contributed by atoms with Crippen molar-refractivity contribution in [1.82, 2.24) is 9.88 Å². The Kier molecular flexibility index (Phi) is 5.13. The van der Waals surface area contributed by atoms with Crippen LogP contribution in [0.15, 0.2) is 65.1 Å². The van der Waals surface area contributed by atoms with Gasteiger partial charge in [-0.15, -0.1) is 0 Å². The Balaban J connectivity index is 1.45. The van der Waals surface area contributed by atoms with E-state index in [1.807, 2.05) is 41.3 Å². The van der Waals surface area contributed by atoms with Crippen molar-refractivity contribution in [2.75, 3.05) is 13.7 Å². The Labute approximate surface area is 185 Å². The van der Waals surface area contributed by atoms with Gasteiger partial charge in [0.25, 0.3) is 5.91 Å². The molecule has 162 valence electrons. The lowest BCUT2D eigenvalue weighted by Crippen LogP contribution is -2.30. The molecule has 2 heterocycles. The number of aryl methyl sites for hydroxylation is 1. The molecule has 0 radical (unpaired) electrons. The number of carbonyl (C=O) groups is 1. The zero-order valence-electron chi connectivity index (χ0n) is 18.0. The first-order chi connectivity index (χ1) is 15.5. The first-order valence-electron chi connectivity index (χ1n) is 10.7. The summed E-state index contributed by atoms with van der Waals surface area (Å²) >= 11 is 0. The molecule has 6 heteroatoms. The predicted octanol–water partition coefficient (Wildman–Crippen LogP) is 5.93. The van der Waals surface area contributed by atoms with Crippen LogP contribution in [0.4, 0.5) is 4.39 Å². The number of oxazole rings is 1. The molecule has 5 nitrogen and oxygen atoms in total. The van der Waals surface area contributed by atoms with Crippen LogP contribution in [-0.2, 0) is 0 Å². The topological polar surface area (TPSA) is 55.6 Å². The summed E-state index contributed by atoms with van der Waals surface area (Å²) in [6, 6.07) is 17.8. The van der Waals surface area contributed by atoms with Crippen LogP contribution in [0, 0.1) is 12.7 Å². The van der Waals surface area contributed by atoms with Crippen molar-refractivity contribution in [3.8, 4) is 16.9 Å². The van der Waals surface area contributed by atoms with E-state index in [2.05, 4.69) is 0 Å². The van der Waals surface area contributed by atoms with Crippen LogP contribution in [0.1, 0.15) is 40.7 Å². The largest absolute Gasteiger partial charge is 0.497 e. The number of rotatable bonds is 4. The third kappa shape index (κ3) is 3.62. The average molecular weight is 430 g/mol. The van der Waals surface area contributed by atoms with Gasteiger partial charge in [0.15, 0.2) is 5.58 Å². The SMILES string of the molecule is COc1cccc(C(=O)N2CCCC2c2nc3cc(-c4ccc(F)c(C)c4)ccc3o2)c1. The molecule has 1 amide bonds. The average Bonchev–Trinajstić information content (AvgIpc) is 3.46. The fraction of sp³-hybridized carbons (Fsp3) is 0.231. The molecule has 0 N–H and O–H groups in total. The van der Waals surface area contributed by atoms with Crippen molar-refractivity contribution in [2.24, 2.45) is 0 Å². The molecule has 1 aliphatic heterocycles. The molecule has 1 aromatic heterocycles. The molecule has 1 atom stereocenters. The lowest BCUT2D eigenvalue weighted by atomic mass is 10.0. The standard InChI is InChI=1S/C26H23FN2O3/c1-16-13-17(8-10-21(16)27)18-9-11-24-22(15-18)28-25(32-24)23-7-4-12-29(23)26(30)19-5-3-6-20(14-19)31-2/h3,5-6,8-11,13-15,23H,4,7,12H2,1-2H3. The minimum Gasteiger partial charge on any atom is -0.497 e. The zero-order chi connectivity index (χ0) is 22.2. The van der Waals surface area contributed by atoms with Gasteiger partial charge in [-0.05, 0) is 78.9 Å². The summed E-state index contributed by atoms with van der Waals surface area (Å²) in [5, 5.41) is 0. The van der Waals surface area contributed by atoms with Crippen LogP contribution in [-0.4, -0.2) is 29.4 Å². The van der Waals surface area contributed by atoms with E-state index in [9.17, 15) is 9.18 Å². The third-order valence-corrected chi connectivity index (χ3v) is 6.01. The second kappa shape index (κ2) is 8.11. The number of fused-ring (bicyclic) bond motifs is 1. The number of hydrogen-bond donors (Lipinski definition) is 0. The first kappa shape index (κ1) is 20.2. The minimum absolute atomic E-state index is 0.0591. The molecule has 1 aliphatic rings. The van der Waals surface area contributed by atoms with Crippen molar-refractivity contribution in [2.45, 2.75) is 25.8 Å². The molecule has 0 aliphatic carbocycles. The van der Waals surface area contributed by atoms with Gasteiger partial charge >= 0.3 is 0 Å². The maximum atomic E-state index is 13.6. The third-order valence-electron chi connectivity index (χ3n) is 6.01. The Morgan fingerprint density at radius 2 is 1.94 bits per heavy atom. The molecule has 1 saturated heterocycles. The molecule has 5 rings (SSSR count). The van der Waals surface area contributed by atoms with Crippen molar-refractivity contribution >= 4 is 17.0 Å². The van der Waals surface area contributed by atoms with Crippen LogP contribution in [0.2, 0.25) is 0 Å². The highest BCUT2D eigenvalue weighted by atomic mass is 19.1. The summed E-state index contributed by atoms with van der Waals surface area (Å²) in [6.45, 7) is 2.40. The number of nitrogens with zero attached hydrogens (tertiary/aromatic N) is 2. The smallest absolute Gasteiger partial charge is 0.254 e. The summed E-state index contributed by atoms with van der Waals surface area (Å²) < 4.78 is 25.0. The van der Waals surface area contributed by atoms with Gasteiger partial charge in [-0.1, -0.05) is 18.2 Å². The number of halogens is 1. The van der Waals surface area contributed by atoms with Crippen LogP contribution < -0.4 is 4.74 Å². The highest BCUT2D eigenvalue weighted by Crippen LogP contribution is 2.35. The van der Waals surface area contributed by atoms with Crippen molar-refractivity contribution in [3.05, 3.63) is 83.5 Å². The highest BCUT2D eigenvalue weighted by molar-refractivity contribution is 5.95. The van der Waals surface area contributed by atoms with Crippen LogP contribution in [0.5, 0.6) is 5.75 Å². The lowest BCUT2D eigenvalue weighted by Gasteiger charge is -2.22. The predicted molar refractivity (Wildman–Crippen MR) is 120 cm³/mol. The Morgan fingerprint density at radius 3 is 2.75 bits per heavy atom. The fourth-order valence-electron chi connectivity index (χ4n) is 4.28. The number of methoxy groups -OCH3 is 1. The number of carbonyl (C=O) groups excluding carboxylic acids is 1. The van der Waals surface area contributed by atoms with E-state index in [0.717, 1.165) is 29.5 Å². The zero-order valence-corrected chi connectivity index (χ0v) is 18.0. The molecule has 4 aromatic rings. The Bertz CT molecular complexity index is 1310. The molecule has 1 fully saturated rings. The Hall–Kier alpha value is -3.67. The maximum Gasteiger partial charge on any atom is 0.254 e. The molecule has 1 unspecified atom stereocenters. The second-order valence-corrected chi connectivity index (χ2v) is 8.09. The van der Waals surface area contributed by atoms with Crippen molar-refractivity contribution in [1.29, 1.82) is 0 Å². The van der Waals surface area contributed by atoms with E-state index in [1.165, 1.54) is 6.07 Å². The van der Waals surface area contributed by atoms with E-state index in [1.54, 1.807) is 32.2 Å². The molecule has 0 spiro atoms.